The number of hydrogen-bond donors (Lipinski definition) is 1. The van der Waals surface area contributed by atoms with E-state index < -0.39 is 0 Å². The fourth-order valence-corrected chi connectivity index (χ4v) is 3.25. The predicted molar refractivity (Wildman–Crippen MR) is 117 cm³/mol. The summed E-state index contributed by atoms with van der Waals surface area (Å²) in [6.45, 7) is 0.969. The Bertz CT molecular complexity index is 1140. The van der Waals surface area contributed by atoms with E-state index in [1.54, 1.807) is 66.7 Å². The Morgan fingerprint density at radius 2 is 1.70 bits per heavy atom. The van der Waals surface area contributed by atoms with Crippen LogP contribution in [0.3, 0.4) is 0 Å². The molecule has 1 aliphatic heterocycles. The van der Waals surface area contributed by atoms with Gasteiger partial charge in [-0.2, -0.15) is 0 Å². The minimum Gasteiger partial charge on any atom is -0.486 e. The molecule has 6 heteroatoms. The van der Waals surface area contributed by atoms with Crippen LogP contribution < -0.4 is 14.8 Å². The van der Waals surface area contributed by atoms with Crippen LogP contribution in [0, 0.1) is 0 Å². The zero-order chi connectivity index (χ0) is 20.9. The van der Waals surface area contributed by atoms with Gasteiger partial charge in [0.15, 0.2) is 17.3 Å². The second-order valence-corrected chi connectivity index (χ2v) is 7.02. The number of allylic oxidation sites excluding steroid dienone is 1. The molecule has 0 radical (unpaired) electrons. The molecule has 3 aromatic rings. The summed E-state index contributed by atoms with van der Waals surface area (Å²) in [5, 5.41) is 3.21. The number of carbonyl (C=O) groups excluding carboxylic acids is 2. The van der Waals surface area contributed by atoms with E-state index in [0.717, 1.165) is 5.56 Å². The van der Waals surface area contributed by atoms with Crippen LogP contribution in [0.5, 0.6) is 11.5 Å². The van der Waals surface area contributed by atoms with E-state index in [9.17, 15) is 9.59 Å². The first-order valence-electron chi connectivity index (χ1n) is 9.38. The van der Waals surface area contributed by atoms with E-state index in [1.807, 2.05) is 6.07 Å². The van der Waals surface area contributed by atoms with Crippen molar-refractivity contribution in [2.45, 2.75) is 0 Å². The van der Waals surface area contributed by atoms with E-state index in [4.69, 9.17) is 21.1 Å². The molecular formula is C24H18ClNO4. The first kappa shape index (κ1) is 19.7. The number of halogens is 1. The number of nitrogens with one attached hydrogen (secondary N) is 1. The molecule has 0 bridgehead atoms. The maximum absolute atomic E-state index is 12.5. The maximum atomic E-state index is 12.5. The molecule has 0 fully saturated rings. The van der Waals surface area contributed by atoms with Crippen LogP contribution in [-0.2, 0) is 0 Å². The minimum atomic E-state index is -0.297. The molecule has 1 heterocycles. The van der Waals surface area contributed by atoms with Gasteiger partial charge in [-0.25, -0.2) is 0 Å². The standard InChI is InChI=1S/C24H18ClNO4/c25-20-7-2-1-6-19(20)24(28)26-18-5-3-4-16(14-18)8-10-21(27)17-9-11-22-23(15-17)30-13-12-29-22/h1-11,14-15H,12-13H2,(H,26,28)/b10-8+. The molecule has 0 spiro atoms. The maximum Gasteiger partial charge on any atom is 0.257 e. The molecule has 150 valence electrons. The second kappa shape index (κ2) is 8.84. The van der Waals surface area contributed by atoms with Crippen molar-refractivity contribution in [1.29, 1.82) is 0 Å². The summed E-state index contributed by atoms with van der Waals surface area (Å²) in [6, 6.07) is 19.2. The molecule has 1 N–H and O–H groups in total. The summed E-state index contributed by atoms with van der Waals surface area (Å²) in [4.78, 5) is 24.9. The van der Waals surface area contributed by atoms with Gasteiger partial charge in [0, 0.05) is 11.3 Å². The van der Waals surface area contributed by atoms with Crippen LogP contribution in [0.4, 0.5) is 5.69 Å². The molecule has 0 aliphatic carbocycles. The second-order valence-electron chi connectivity index (χ2n) is 6.62. The van der Waals surface area contributed by atoms with Crippen molar-refractivity contribution >= 4 is 35.1 Å². The fraction of sp³-hybridized carbons (Fsp3) is 0.0833. The monoisotopic (exact) mass is 419 g/mol. The number of hydrogen-bond acceptors (Lipinski definition) is 4. The first-order valence-corrected chi connectivity index (χ1v) is 9.76. The largest absolute Gasteiger partial charge is 0.486 e. The summed E-state index contributed by atoms with van der Waals surface area (Å²) in [7, 11) is 0. The smallest absolute Gasteiger partial charge is 0.257 e. The fourth-order valence-electron chi connectivity index (χ4n) is 3.03. The van der Waals surface area contributed by atoms with Crippen molar-refractivity contribution in [3.8, 4) is 11.5 Å². The van der Waals surface area contributed by atoms with Gasteiger partial charge in [-0.3, -0.25) is 9.59 Å². The quantitative estimate of drug-likeness (QED) is 0.452. The van der Waals surface area contributed by atoms with Gasteiger partial charge in [0.2, 0.25) is 0 Å². The number of anilines is 1. The summed E-state index contributed by atoms with van der Waals surface area (Å²) in [5.41, 5.74) is 2.29. The van der Waals surface area contributed by atoms with E-state index in [1.165, 1.54) is 6.08 Å². The van der Waals surface area contributed by atoms with Crippen molar-refractivity contribution in [2.24, 2.45) is 0 Å². The van der Waals surface area contributed by atoms with Gasteiger partial charge in [0.25, 0.3) is 5.91 Å². The van der Waals surface area contributed by atoms with Gasteiger partial charge in [-0.15, -0.1) is 0 Å². The number of benzene rings is 3. The molecule has 0 saturated heterocycles. The highest BCUT2D eigenvalue weighted by Gasteiger charge is 2.14. The van der Waals surface area contributed by atoms with E-state index >= 15 is 0 Å². The van der Waals surface area contributed by atoms with E-state index in [-0.39, 0.29) is 11.7 Å². The Morgan fingerprint density at radius 3 is 2.53 bits per heavy atom. The van der Waals surface area contributed by atoms with Crippen molar-refractivity contribution in [1.82, 2.24) is 0 Å². The average Bonchev–Trinajstić information content (AvgIpc) is 2.77. The lowest BCUT2D eigenvalue weighted by atomic mass is 10.1. The molecule has 0 saturated carbocycles. The number of ether oxygens (including phenoxy) is 2. The Hall–Kier alpha value is -3.57. The van der Waals surface area contributed by atoms with Crippen LogP contribution in [0.15, 0.2) is 72.8 Å². The SMILES string of the molecule is O=C(/C=C/c1cccc(NC(=O)c2ccccc2Cl)c1)c1ccc2c(c1)OCCO2. The number of amides is 1. The van der Waals surface area contributed by atoms with Gasteiger partial charge >= 0.3 is 0 Å². The number of rotatable bonds is 5. The van der Waals surface area contributed by atoms with Crippen molar-refractivity contribution in [3.05, 3.63) is 94.5 Å². The number of carbonyl (C=O) groups is 2. The van der Waals surface area contributed by atoms with Crippen LogP contribution in [0.2, 0.25) is 5.02 Å². The minimum absolute atomic E-state index is 0.155. The molecule has 30 heavy (non-hydrogen) atoms. The third kappa shape index (κ3) is 4.53. The van der Waals surface area contributed by atoms with Gasteiger partial charge in [-0.05, 0) is 54.1 Å². The zero-order valence-corrected chi connectivity index (χ0v) is 16.7. The summed E-state index contributed by atoms with van der Waals surface area (Å²) >= 11 is 6.08. The topological polar surface area (TPSA) is 64.6 Å². The van der Waals surface area contributed by atoms with Crippen molar-refractivity contribution < 1.29 is 19.1 Å². The van der Waals surface area contributed by atoms with Crippen LogP contribution in [-0.4, -0.2) is 24.9 Å². The number of fused-ring (bicyclic) bond motifs is 1. The van der Waals surface area contributed by atoms with Gasteiger partial charge in [0.05, 0.1) is 10.6 Å². The molecule has 0 unspecified atom stereocenters. The molecular weight excluding hydrogens is 402 g/mol. The van der Waals surface area contributed by atoms with Crippen molar-refractivity contribution in [3.63, 3.8) is 0 Å². The molecule has 4 rings (SSSR count). The lowest BCUT2D eigenvalue weighted by Crippen LogP contribution is -2.15. The Morgan fingerprint density at radius 1 is 0.900 bits per heavy atom. The van der Waals surface area contributed by atoms with E-state index in [2.05, 4.69) is 5.32 Å². The highest BCUT2D eigenvalue weighted by Crippen LogP contribution is 2.31. The van der Waals surface area contributed by atoms with Crippen LogP contribution in [0.25, 0.3) is 6.08 Å². The Labute approximate surface area is 178 Å². The molecule has 3 aromatic carbocycles. The molecule has 1 aliphatic rings. The van der Waals surface area contributed by atoms with Crippen molar-refractivity contribution in [2.75, 3.05) is 18.5 Å². The van der Waals surface area contributed by atoms with Gasteiger partial charge in [-0.1, -0.05) is 41.9 Å². The van der Waals surface area contributed by atoms with Crippen LogP contribution in [0.1, 0.15) is 26.3 Å². The molecule has 0 aromatic heterocycles. The highest BCUT2D eigenvalue weighted by molar-refractivity contribution is 6.34. The van der Waals surface area contributed by atoms with Gasteiger partial charge < -0.3 is 14.8 Å². The molecule has 1 amide bonds. The predicted octanol–water partition coefficient (Wildman–Crippen LogP) is 5.26. The first-order chi connectivity index (χ1) is 14.6. The lowest BCUT2D eigenvalue weighted by Gasteiger charge is -2.18. The Balaban J connectivity index is 1.46. The molecule has 5 nitrogen and oxygen atoms in total. The average molecular weight is 420 g/mol. The van der Waals surface area contributed by atoms with E-state index in [0.29, 0.717) is 46.5 Å². The normalized spacial score (nSPS) is 12.6. The summed E-state index contributed by atoms with van der Waals surface area (Å²) < 4.78 is 11.0. The van der Waals surface area contributed by atoms with Crippen LogP contribution >= 0.6 is 11.6 Å². The third-order valence-corrected chi connectivity index (χ3v) is 4.85. The Kier molecular flexibility index (Phi) is 5.82. The van der Waals surface area contributed by atoms with Gasteiger partial charge in [0.1, 0.15) is 13.2 Å². The lowest BCUT2D eigenvalue weighted by molar-refractivity contribution is 0.102. The zero-order valence-electron chi connectivity index (χ0n) is 15.9. The molecule has 0 atom stereocenters. The number of ketones is 1. The highest BCUT2D eigenvalue weighted by atomic mass is 35.5. The third-order valence-electron chi connectivity index (χ3n) is 4.52. The summed E-state index contributed by atoms with van der Waals surface area (Å²) in [5.74, 6) is 0.764. The summed E-state index contributed by atoms with van der Waals surface area (Å²) in [6.07, 6.45) is 3.19.